The minimum atomic E-state index is 0.449. The molecule has 0 aromatic carbocycles. The smallest absolute Gasteiger partial charge is 0.185 e. The molecule has 0 amide bonds. The van der Waals surface area contributed by atoms with Crippen LogP contribution in [0, 0.1) is 0 Å². The third kappa shape index (κ3) is 2.36. The third-order valence-electron chi connectivity index (χ3n) is 2.25. The first kappa shape index (κ1) is 11.0. The first-order valence-electron chi connectivity index (χ1n) is 5.23. The number of aromatic nitrogens is 3. The van der Waals surface area contributed by atoms with Crippen LogP contribution in [0.1, 0.15) is 34.7 Å². The van der Waals surface area contributed by atoms with Crippen molar-refractivity contribution < 1.29 is 4.79 Å². The number of thiazole rings is 1. The van der Waals surface area contributed by atoms with Gasteiger partial charge in [0, 0.05) is 17.8 Å². The van der Waals surface area contributed by atoms with Gasteiger partial charge >= 0.3 is 0 Å². The van der Waals surface area contributed by atoms with Crippen LogP contribution in [0.4, 0.5) is 0 Å². The molecular formula is C11H13N3OS. The van der Waals surface area contributed by atoms with Gasteiger partial charge in [-0.3, -0.25) is 4.79 Å². The second-order valence-electron chi connectivity index (χ2n) is 3.51. The molecule has 0 saturated carbocycles. The Morgan fingerprint density at radius 2 is 2.44 bits per heavy atom. The number of hydrogen-bond acceptors (Lipinski definition) is 4. The van der Waals surface area contributed by atoms with Crippen molar-refractivity contribution in [3.63, 3.8) is 0 Å². The summed E-state index contributed by atoms with van der Waals surface area (Å²) in [6, 6.07) is 0. The zero-order chi connectivity index (χ0) is 11.4. The van der Waals surface area contributed by atoms with Crippen LogP contribution in [-0.2, 0) is 13.0 Å². The quantitative estimate of drug-likeness (QED) is 0.746. The second kappa shape index (κ2) is 5.03. The van der Waals surface area contributed by atoms with Gasteiger partial charge in [0.15, 0.2) is 12.1 Å². The molecule has 0 aliphatic heterocycles. The molecule has 0 unspecified atom stereocenters. The van der Waals surface area contributed by atoms with Crippen LogP contribution in [0.2, 0.25) is 0 Å². The van der Waals surface area contributed by atoms with Crippen molar-refractivity contribution in [2.75, 3.05) is 0 Å². The van der Waals surface area contributed by atoms with Crippen LogP contribution in [0.3, 0.4) is 0 Å². The average Bonchev–Trinajstić information content (AvgIpc) is 2.89. The maximum atomic E-state index is 10.7. The first-order chi connectivity index (χ1) is 7.83. The molecule has 0 spiro atoms. The number of hydrogen-bond donors (Lipinski definition) is 0. The first-order valence-corrected chi connectivity index (χ1v) is 6.11. The Morgan fingerprint density at radius 3 is 3.19 bits per heavy atom. The fourth-order valence-electron chi connectivity index (χ4n) is 1.50. The lowest BCUT2D eigenvalue weighted by molar-refractivity contribution is 0.111. The van der Waals surface area contributed by atoms with E-state index in [1.54, 1.807) is 28.3 Å². The molecule has 0 atom stereocenters. The highest BCUT2D eigenvalue weighted by Crippen LogP contribution is 2.13. The lowest BCUT2D eigenvalue weighted by atomic mass is 10.3. The lowest BCUT2D eigenvalue weighted by Gasteiger charge is -2.00. The van der Waals surface area contributed by atoms with Gasteiger partial charge in [0.2, 0.25) is 0 Å². The number of aryl methyl sites for hydroxylation is 1. The van der Waals surface area contributed by atoms with E-state index in [-0.39, 0.29) is 0 Å². The SMILES string of the molecule is CCCc1nc(Cn2ccnc2C=O)cs1. The molecule has 2 aromatic heterocycles. The van der Waals surface area contributed by atoms with E-state index in [4.69, 9.17) is 0 Å². The van der Waals surface area contributed by atoms with Crippen molar-refractivity contribution in [2.45, 2.75) is 26.3 Å². The molecule has 84 valence electrons. The van der Waals surface area contributed by atoms with E-state index in [1.165, 1.54) is 0 Å². The Bertz CT molecular complexity index is 475. The van der Waals surface area contributed by atoms with Crippen LogP contribution < -0.4 is 0 Å². The molecular weight excluding hydrogens is 222 g/mol. The summed E-state index contributed by atoms with van der Waals surface area (Å²) >= 11 is 1.68. The molecule has 0 aliphatic rings. The van der Waals surface area contributed by atoms with Crippen molar-refractivity contribution in [3.05, 3.63) is 34.3 Å². The summed E-state index contributed by atoms with van der Waals surface area (Å²) in [6.45, 7) is 2.76. The topological polar surface area (TPSA) is 47.8 Å². The summed E-state index contributed by atoms with van der Waals surface area (Å²) in [5, 5.41) is 3.20. The summed E-state index contributed by atoms with van der Waals surface area (Å²) in [5.41, 5.74) is 0.995. The van der Waals surface area contributed by atoms with Gasteiger partial charge in [0.05, 0.1) is 17.2 Å². The Morgan fingerprint density at radius 1 is 1.56 bits per heavy atom. The summed E-state index contributed by atoms with van der Waals surface area (Å²) < 4.78 is 1.80. The Kier molecular flexibility index (Phi) is 3.46. The summed E-state index contributed by atoms with van der Waals surface area (Å²) in [6.07, 6.45) is 6.32. The van der Waals surface area contributed by atoms with E-state index in [9.17, 15) is 4.79 Å². The van der Waals surface area contributed by atoms with Crippen molar-refractivity contribution in [2.24, 2.45) is 0 Å². The van der Waals surface area contributed by atoms with Crippen molar-refractivity contribution in [1.82, 2.24) is 14.5 Å². The maximum absolute atomic E-state index is 10.7. The third-order valence-corrected chi connectivity index (χ3v) is 3.21. The molecule has 16 heavy (non-hydrogen) atoms. The lowest BCUT2D eigenvalue weighted by Crippen LogP contribution is -2.03. The number of carbonyl (C=O) groups excluding carboxylic acids is 1. The van der Waals surface area contributed by atoms with E-state index in [2.05, 4.69) is 16.9 Å². The summed E-state index contributed by atoms with van der Waals surface area (Å²) in [5.74, 6) is 0.449. The average molecular weight is 235 g/mol. The zero-order valence-electron chi connectivity index (χ0n) is 9.09. The van der Waals surface area contributed by atoms with Crippen LogP contribution >= 0.6 is 11.3 Å². The minimum absolute atomic E-state index is 0.449. The molecule has 2 heterocycles. The molecule has 2 aromatic rings. The largest absolute Gasteiger partial charge is 0.323 e. The van der Waals surface area contributed by atoms with Crippen LogP contribution in [0.15, 0.2) is 17.8 Å². The molecule has 0 saturated heterocycles. The van der Waals surface area contributed by atoms with Crippen LogP contribution in [-0.4, -0.2) is 20.8 Å². The highest BCUT2D eigenvalue weighted by Gasteiger charge is 2.05. The second-order valence-corrected chi connectivity index (χ2v) is 4.46. The standard InChI is InChI=1S/C11H13N3OS/c1-2-3-11-13-9(8-16-11)6-14-5-4-12-10(14)7-15/h4-5,7-8H,2-3,6H2,1H3. The van der Waals surface area contributed by atoms with Crippen molar-refractivity contribution in [3.8, 4) is 0 Å². The molecule has 4 nitrogen and oxygen atoms in total. The Hall–Kier alpha value is -1.49. The molecule has 0 radical (unpaired) electrons. The van der Waals surface area contributed by atoms with Crippen LogP contribution in [0.5, 0.6) is 0 Å². The van der Waals surface area contributed by atoms with Gasteiger partial charge < -0.3 is 4.57 Å². The van der Waals surface area contributed by atoms with Crippen LogP contribution in [0.25, 0.3) is 0 Å². The highest BCUT2D eigenvalue weighted by molar-refractivity contribution is 7.09. The van der Waals surface area contributed by atoms with Gasteiger partial charge in [-0.1, -0.05) is 6.92 Å². The Balaban J connectivity index is 2.11. The van der Waals surface area contributed by atoms with Gasteiger partial charge in [0.1, 0.15) is 0 Å². The number of rotatable bonds is 5. The fraction of sp³-hybridized carbons (Fsp3) is 0.364. The maximum Gasteiger partial charge on any atom is 0.185 e. The predicted molar refractivity (Wildman–Crippen MR) is 62.8 cm³/mol. The Labute approximate surface area is 98.0 Å². The number of nitrogens with zero attached hydrogens (tertiary/aromatic N) is 3. The van der Waals surface area contributed by atoms with Crippen molar-refractivity contribution >= 4 is 17.6 Å². The predicted octanol–water partition coefficient (Wildman–Crippen LogP) is 2.15. The normalized spacial score (nSPS) is 10.6. The number of imidazole rings is 1. The van der Waals surface area contributed by atoms with E-state index in [1.807, 2.05) is 5.38 Å². The van der Waals surface area contributed by atoms with Gasteiger partial charge in [-0.15, -0.1) is 11.3 Å². The molecule has 0 aliphatic carbocycles. The van der Waals surface area contributed by atoms with Gasteiger partial charge in [-0.2, -0.15) is 0 Å². The van der Waals surface area contributed by atoms with Gasteiger partial charge in [0.25, 0.3) is 0 Å². The van der Waals surface area contributed by atoms with Gasteiger partial charge in [-0.25, -0.2) is 9.97 Å². The fourth-order valence-corrected chi connectivity index (χ4v) is 2.39. The molecule has 0 bridgehead atoms. The minimum Gasteiger partial charge on any atom is -0.323 e. The molecule has 2 rings (SSSR count). The number of carbonyl (C=O) groups is 1. The molecule has 5 heteroatoms. The van der Waals surface area contributed by atoms with E-state index >= 15 is 0 Å². The highest BCUT2D eigenvalue weighted by atomic mass is 32.1. The van der Waals surface area contributed by atoms with Crippen molar-refractivity contribution in [1.29, 1.82) is 0 Å². The number of aldehydes is 1. The van der Waals surface area contributed by atoms with E-state index < -0.39 is 0 Å². The van der Waals surface area contributed by atoms with E-state index in [0.29, 0.717) is 12.4 Å². The monoisotopic (exact) mass is 235 g/mol. The molecule has 0 fully saturated rings. The van der Waals surface area contributed by atoms with E-state index in [0.717, 1.165) is 29.8 Å². The summed E-state index contributed by atoms with van der Waals surface area (Å²) in [4.78, 5) is 19.1. The summed E-state index contributed by atoms with van der Waals surface area (Å²) in [7, 11) is 0. The zero-order valence-corrected chi connectivity index (χ0v) is 9.91. The molecule has 0 N–H and O–H groups in total. The van der Waals surface area contributed by atoms with Gasteiger partial charge in [-0.05, 0) is 12.8 Å².